The molecule has 1 aliphatic rings. The van der Waals surface area contributed by atoms with E-state index in [4.69, 9.17) is 0 Å². The average molecular weight is 272 g/mol. The quantitative estimate of drug-likeness (QED) is 0.737. The van der Waals surface area contributed by atoms with Gasteiger partial charge in [0.1, 0.15) is 0 Å². The number of nitrogens with one attached hydrogen (secondary N) is 1. The molecule has 1 amide bonds. The molecule has 0 bridgehead atoms. The molecule has 106 valence electrons. The summed E-state index contributed by atoms with van der Waals surface area (Å²) in [5.41, 5.74) is 0. The van der Waals surface area contributed by atoms with Crippen LogP contribution in [0.1, 0.15) is 46.5 Å². The first-order chi connectivity index (χ1) is 8.63. The zero-order valence-corrected chi connectivity index (χ0v) is 13.1. The number of carbonyl (C=O) groups is 1. The molecule has 1 N–H and O–H groups in total. The average Bonchev–Trinajstić information content (AvgIpc) is 2.59. The monoisotopic (exact) mass is 272 g/mol. The molecule has 4 heteroatoms. The molecule has 1 fully saturated rings. The van der Waals surface area contributed by atoms with E-state index in [1.807, 2.05) is 11.8 Å². The third kappa shape index (κ3) is 4.16. The van der Waals surface area contributed by atoms with E-state index >= 15 is 0 Å². The third-order valence-electron chi connectivity index (χ3n) is 3.45. The van der Waals surface area contributed by atoms with Crippen LogP contribution in [0.3, 0.4) is 0 Å². The van der Waals surface area contributed by atoms with Gasteiger partial charge in [0.05, 0.1) is 12.2 Å². The Labute approximate surface area is 116 Å². The molecular formula is C14H28N2OS. The molecule has 0 aromatic heterocycles. The molecule has 0 radical (unpaired) electrons. The van der Waals surface area contributed by atoms with Crippen LogP contribution in [0.4, 0.5) is 0 Å². The summed E-state index contributed by atoms with van der Waals surface area (Å²) in [5, 5.41) is 3.51. The van der Waals surface area contributed by atoms with Gasteiger partial charge in [-0.25, -0.2) is 0 Å². The summed E-state index contributed by atoms with van der Waals surface area (Å²) >= 11 is 1.86. The Hall–Kier alpha value is -0.220. The standard InChI is InChI=1S/C14H28N2OS/c1-5-7-12-14(17)16(9-11(3)10-18-4)13(15-12)8-6-2/h11-13,15H,5-10H2,1-4H3. The van der Waals surface area contributed by atoms with Crippen LogP contribution in [0.25, 0.3) is 0 Å². The van der Waals surface area contributed by atoms with Crippen LogP contribution in [0.15, 0.2) is 0 Å². The van der Waals surface area contributed by atoms with Crippen molar-refractivity contribution in [2.45, 2.75) is 58.7 Å². The van der Waals surface area contributed by atoms with Gasteiger partial charge in [0, 0.05) is 6.54 Å². The summed E-state index contributed by atoms with van der Waals surface area (Å²) in [7, 11) is 0. The molecule has 1 rings (SSSR count). The Balaban J connectivity index is 2.62. The van der Waals surface area contributed by atoms with Crippen molar-refractivity contribution in [1.82, 2.24) is 10.2 Å². The largest absolute Gasteiger partial charge is 0.326 e. The molecular weight excluding hydrogens is 244 g/mol. The molecule has 18 heavy (non-hydrogen) atoms. The van der Waals surface area contributed by atoms with Gasteiger partial charge in [0.15, 0.2) is 0 Å². The van der Waals surface area contributed by atoms with Crippen molar-refractivity contribution in [2.24, 2.45) is 5.92 Å². The van der Waals surface area contributed by atoms with E-state index in [1.165, 1.54) is 0 Å². The summed E-state index contributed by atoms with van der Waals surface area (Å²) < 4.78 is 0. The molecule has 0 aromatic rings. The lowest BCUT2D eigenvalue weighted by Gasteiger charge is -2.26. The van der Waals surface area contributed by atoms with Crippen LogP contribution in [0.5, 0.6) is 0 Å². The van der Waals surface area contributed by atoms with E-state index < -0.39 is 0 Å². The summed E-state index contributed by atoms with van der Waals surface area (Å²) in [6.45, 7) is 7.46. The number of carbonyl (C=O) groups excluding carboxylic acids is 1. The summed E-state index contributed by atoms with van der Waals surface area (Å²) in [4.78, 5) is 14.5. The van der Waals surface area contributed by atoms with Crippen molar-refractivity contribution in [3.63, 3.8) is 0 Å². The predicted molar refractivity (Wildman–Crippen MR) is 79.8 cm³/mol. The molecule has 0 spiro atoms. The van der Waals surface area contributed by atoms with Gasteiger partial charge in [-0.15, -0.1) is 0 Å². The number of thioether (sulfide) groups is 1. The van der Waals surface area contributed by atoms with Crippen LogP contribution < -0.4 is 5.32 Å². The molecule has 0 saturated carbocycles. The van der Waals surface area contributed by atoms with Gasteiger partial charge in [0.2, 0.25) is 5.91 Å². The van der Waals surface area contributed by atoms with Crippen molar-refractivity contribution in [2.75, 3.05) is 18.6 Å². The van der Waals surface area contributed by atoms with E-state index in [-0.39, 0.29) is 12.2 Å². The first-order valence-electron chi connectivity index (χ1n) is 7.19. The number of hydrogen-bond donors (Lipinski definition) is 1. The van der Waals surface area contributed by atoms with Crippen molar-refractivity contribution in [3.05, 3.63) is 0 Å². The lowest BCUT2D eigenvalue weighted by Crippen LogP contribution is -2.40. The number of hydrogen-bond acceptors (Lipinski definition) is 3. The minimum absolute atomic E-state index is 0.0630. The van der Waals surface area contributed by atoms with Crippen LogP contribution in [0, 0.1) is 5.92 Å². The Bertz CT molecular complexity index is 260. The fourth-order valence-electron chi connectivity index (χ4n) is 2.65. The van der Waals surface area contributed by atoms with Gasteiger partial charge in [0.25, 0.3) is 0 Å². The molecule has 0 aliphatic carbocycles. The summed E-state index contributed by atoms with van der Waals surface area (Å²) in [5.74, 6) is 2.02. The second-order valence-electron chi connectivity index (χ2n) is 5.36. The Morgan fingerprint density at radius 2 is 2.00 bits per heavy atom. The van der Waals surface area contributed by atoms with Crippen molar-refractivity contribution < 1.29 is 4.79 Å². The fraction of sp³-hybridized carbons (Fsp3) is 0.929. The fourth-order valence-corrected chi connectivity index (χ4v) is 3.32. The number of rotatable bonds is 8. The minimum atomic E-state index is 0.0630. The van der Waals surface area contributed by atoms with E-state index in [9.17, 15) is 4.79 Å². The van der Waals surface area contributed by atoms with Gasteiger partial charge >= 0.3 is 0 Å². The Morgan fingerprint density at radius 3 is 2.56 bits per heavy atom. The molecule has 1 aliphatic heterocycles. The topological polar surface area (TPSA) is 32.3 Å². The van der Waals surface area contributed by atoms with Crippen LogP contribution >= 0.6 is 11.8 Å². The normalized spacial score (nSPS) is 25.8. The summed E-state index contributed by atoms with van der Waals surface area (Å²) in [6, 6.07) is 0.0630. The van der Waals surface area contributed by atoms with E-state index in [0.717, 1.165) is 38.0 Å². The zero-order valence-electron chi connectivity index (χ0n) is 12.2. The first kappa shape index (κ1) is 15.8. The first-order valence-corrected chi connectivity index (χ1v) is 8.58. The molecule has 1 heterocycles. The maximum absolute atomic E-state index is 12.4. The number of nitrogens with zero attached hydrogens (tertiary/aromatic N) is 1. The van der Waals surface area contributed by atoms with E-state index in [0.29, 0.717) is 11.8 Å². The molecule has 3 unspecified atom stereocenters. The van der Waals surface area contributed by atoms with Crippen molar-refractivity contribution >= 4 is 17.7 Å². The molecule has 0 aromatic carbocycles. The summed E-state index contributed by atoms with van der Waals surface area (Å²) in [6.07, 6.45) is 6.62. The second kappa shape index (κ2) is 8.05. The highest BCUT2D eigenvalue weighted by molar-refractivity contribution is 7.98. The highest BCUT2D eigenvalue weighted by Gasteiger charge is 2.37. The maximum Gasteiger partial charge on any atom is 0.241 e. The highest BCUT2D eigenvalue weighted by Crippen LogP contribution is 2.20. The van der Waals surface area contributed by atoms with E-state index in [1.54, 1.807) is 0 Å². The van der Waals surface area contributed by atoms with Crippen LogP contribution in [-0.4, -0.2) is 41.6 Å². The van der Waals surface area contributed by atoms with E-state index in [2.05, 4.69) is 37.2 Å². The third-order valence-corrected chi connectivity index (χ3v) is 4.35. The van der Waals surface area contributed by atoms with Gasteiger partial charge in [-0.1, -0.05) is 33.6 Å². The lowest BCUT2D eigenvalue weighted by atomic mass is 10.1. The smallest absolute Gasteiger partial charge is 0.241 e. The van der Waals surface area contributed by atoms with Crippen LogP contribution in [0.2, 0.25) is 0 Å². The minimum Gasteiger partial charge on any atom is -0.326 e. The predicted octanol–water partition coefficient (Wildman–Crippen LogP) is 2.71. The number of amides is 1. The molecule has 3 nitrogen and oxygen atoms in total. The van der Waals surface area contributed by atoms with Gasteiger partial charge in [-0.2, -0.15) is 11.8 Å². The second-order valence-corrected chi connectivity index (χ2v) is 6.27. The van der Waals surface area contributed by atoms with Gasteiger partial charge in [-0.3, -0.25) is 10.1 Å². The van der Waals surface area contributed by atoms with Crippen molar-refractivity contribution in [3.8, 4) is 0 Å². The van der Waals surface area contributed by atoms with Crippen molar-refractivity contribution in [1.29, 1.82) is 0 Å². The Morgan fingerprint density at radius 1 is 1.33 bits per heavy atom. The van der Waals surface area contributed by atoms with Crippen LogP contribution in [-0.2, 0) is 4.79 Å². The van der Waals surface area contributed by atoms with Gasteiger partial charge in [-0.05, 0) is 30.8 Å². The van der Waals surface area contributed by atoms with Gasteiger partial charge < -0.3 is 4.90 Å². The highest BCUT2D eigenvalue weighted by atomic mass is 32.2. The molecule has 3 atom stereocenters. The lowest BCUT2D eigenvalue weighted by molar-refractivity contribution is -0.130. The molecule has 1 saturated heterocycles. The Kier molecular flexibility index (Phi) is 7.08. The SMILES string of the molecule is CCCC1NC(CCC)N(CC(C)CSC)C1=O. The maximum atomic E-state index is 12.4. The zero-order chi connectivity index (χ0) is 13.5.